The summed E-state index contributed by atoms with van der Waals surface area (Å²) in [7, 11) is 0. The lowest BCUT2D eigenvalue weighted by Gasteiger charge is -2.26. The number of thioether (sulfide) groups is 1. The van der Waals surface area contributed by atoms with Gasteiger partial charge in [-0.05, 0) is 45.7 Å². The average Bonchev–Trinajstić information content (AvgIpc) is 2.31. The molecule has 0 spiro atoms. The predicted octanol–water partition coefficient (Wildman–Crippen LogP) is 4.56. The van der Waals surface area contributed by atoms with Crippen molar-refractivity contribution in [2.24, 2.45) is 0 Å². The van der Waals surface area contributed by atoms with E-state index >= 15 is 0 Å². The fourth-order valence-electron chi connectivity index (χ4n) is 1.64. The third-order valence-electron chi connectivity index (χ3n) is 3.42. The number of rotatable bonds is 6. The van der Waals surface area contributed by atoms with Gasteiger partial charge in [-0.15, -0.1) is 11.8 Å². The number of benzene rings is 1. The second kappa shape index (κ2) is 6.63. The summed E-state index contributed by atoms with van der Waals surface area (Å²) in [4.78, 5) is 1.42. The summed E-state index contributed by atoms with van der Waals surface area (Å²) in [6.07, 6.45) is 1.16. The van der Waals surface area contributed by atoms with Crippen LogP contribution >= 0.6 is 11.8 Å². The van der Waals surface area contributed by atoms with Crippen LogP contribution in [0, 0.1) is 13.8 Å². The molecular weight excluding hydrogens is 238 g/mol. The Morgan fingerprint density at radius 3 is 2.56 bits per heavy atom. The van der Waals surface area contributed by atoms with Gasteiger partial charge in [0.1, 0.15) is 0 Å². The monoisotopic (exact) mass is 265 g/mol. The van der Waals surface area contributed by atoms with Gasteiger partial charge in [-0.1, -0.05) is 31.5 Å². The molecule has 1 rings (SSSR count). The molecule has 1 aromatic carbocycles. The highest BCUT2D eigenvalue weighted by Gasteiger charge is 2.15. The van der Waals surface area contributed by atoms with Gasteiger partial charge in [0.05, 0.1) is 0 Å². The van der Waals surface area contributed by atoms with Gasteiger partial charge in [0.15, 0.2) is 0 Å². The predicted molar refractivity (Wildman–Crippen MR) is 83.6 cm³/mol. The van der Waals surface area contributed by atoms with Crippen molar-refractivity contribution in [1.82, 2.24) is 5.32 Å². The fourth-order valence-corrected chi connectivity index (χ4v) is 2.75. The maximum absolute atomic E-state index is 3.64. The fraction of sp³-hybridized carbons (Fsp3) is 0.625. The Morgan fingerprint density at radius 1 is 1.28 bits per heavy atom. The molecule has 0 amide bonds. The first kappa shape index (κ1) is 15.6. The zero-order chi connectivity index (χ0) is 13.8. The van der Waals surface area contributed by atoms with Crippen LogP contribution in [0.1, 0.15) is 45.2 Å². The van der Waals surface area contributed by atoms with Gasteiger partial charge in [-0.25, -0.2) is 0 Å². The van der Waals surface area contributed by atoms with Crippen LogP contribution in [0.5, 0.6) is 0 Å². The standard InChI is InChI=1S/C16H27NS/c1-7-16(5,6)17-11-14(4)18-15-10-12(2)8-9-13(15)3/h8-10,14,17H,7,11H2,1-6H3. The second-order valence-corrected chi connectivity index (χ2v) is 7.30. The van der Waals surface area contributed by atoms with E-state index in [2.05, 4.69) is 65.1 Å². The lowest BCUT2D eigenvalue weighted by molar-refractivity contribution is 0.379. The molecule has 1 nitrogen and oxygen atoms in total. The van der Waals surface area contributed by atoms with Crippen LogP contribution in [-0.2, 0) is 0 Å². The molecule has 2 heteroatoms. The topological polar surface area (TPSA) is 12.0 Å². The second-order valence-electron chi connectivity index (χ2n) is 5.82. The van der Waals surface area contributed by atoms with Crippen molar-refractivity contribution in [2.75, 3.05) is 6.54 Å². The Labute approximate surface area is 117 Å². The Bertz CT molecular complexity index is 385. The molecule has 1 aromatic rings. The highest BCUT2D eigenvalue weighted by atomic mass is 32.2. The molecule has 0 bridgehead atoms. The van der Waals surface area contributed by atoms with Gasteiger partial charge in [0, 0.05) is 22.2 Å². The van der Waals surface area contributed by atoms with Crippen molar-refractivity contribution in [1.29, 1.82) is 0 Å². The van der Waals surface area contributed by atoms with E-state index in [1.165, 1.54) is 16.0 Å². The lowest BCUT2D eigenvalue weighted by atomic mass is 10.0. The van der Waals surface area contributed by atoms with Crippen molar-refractivity contribution in [3.8, 4) is 0 Å². The summed E-state index contributed by atoms with van der Waals surface area (Å²) in [6.45, 7) is 14.5. The molecule has 0 aliphatic heterocycles. The first-order valence-corrected chi connectivity index (χ1v) is 7.71. The third kappa shape index (κ3) is 5.03. The van der Waals surface area contributed by atoms with Gasteiger partial charge in [-0.2, -0.15) is 0 Å². The van der Waals surface area contributed by atoms with Crippen LogP contribution in [0.15, 0.2) is 23.1 Å². The maximum atomic E-state index is 3.64. The largest absolute Gasteiger partial charge is 0.311 e. The summed E-state index contributed by atoms with van der Waals surface area (Å²) >= 11 is 1.97. The van der Waals surface area contributed by atoms with Gasteiger partial charge < -0.3 is 5.32 Å². The molecular formula is C16H27NS. The van der Waals surface area contributed by atoms with Crippen molar-refractivity contribution in [3.05, 3.63) is 29.3 Å². The first-order chi connectivity index (χ1) is 8.34. The molecule has 102 valence electrons. The van der Waals surface area contributed by atoms with Crippen LogP contribution in [0.25, 0.3) is 0 Å². The van der Waals surface area contributed by atoms with Gasteiger partial charge in [0.2, 0.25) is 0 Å². The minimum atomic E-state index is 0.246. The Hall–Kier alpha value is -0.470. The van der Waals surface area contributed by atoms with Gasteiger partial charge in [-0.3, -0.25) is 0 Å². The number of hydrogen-bond donors (Lipinski definition) is 1. The lowest BCUT2D eigenvalue weighted by Crippen LogP contribution is -2.41. The van der Waals surface area contributed by atoms with E-state index in [0.717, 1.165) is 13.0 Å². The number of nitrogens with one attached hydrogen (secondary N) is 1. The highest BCUT2D eigenvalue weighted by molar-refractivity contribution is 8.00. The van der Waals surface area contributed by atoms with Crippen LogP contribution in [0.2, 0.25) is 0 Å². The summed E-state index contributed by atoms with van der Waals surface area (Å²) in [5, 5.41) is 4.24. The molecule has 0 saturated carbocycles. The molecule has 0 heterocycles. The van der Waals surface area contributed by atoms with E-state index in [0.29, 0.717) is 5.25 Å². The summed E-state index contributed by atoms with van der Waals surface area (Å²) in [5.41, 5.74) is 2.97. The Morgan fingerprint density at radius 2 is 1.94 bits per heavy atom. The van der Waals surface area contributed by atoms with E-state index in [1.54, 1.807) is 0 Å². The molecule has 1 unspecified atom stereocenters. The van der Waals surface area contributed by atoms with E-state index in [9.17, 15) is 0 Å². The van der Waals surface area contributed by atoms with Gasteiger partial charge in [0.25, 0.3) is 0 Å². The smallest absolute Gasteiger partial charge is 0.0191 e. The average molecular weight is 265 g/mol. The first-order valence-electron chi connectivity index (χ1n) is 6.83. The van der Waals surface area contributed by atoms with E-state index in [4.69, 9.17) is 0 Å². The summed E-state index contributed by atoms with van der Waals surface area (Å²) in [6, 6.07) is 6.69. The molecule has 0 radical (unpaired) electrons. The third-order valence-corrected chi connectivity index (χ3v) is 4.69. The zero-order valence-corrected chi connectivity index (χ0v) is 13.4. The summed E-state index contributed by atoms with van der Waals surface area (Å²) in [5.74, 6) is 0. The van der Waals surface area contributed by atoms with Crippen LogP contribution in [0.4, 0.5) is 0 Å². The van der Waals surface area contributed by atoms with E-state index in [1.807, 2.05) is 11.8 Å². The van der Waals surface area contributed by atoms with Crippen LogP contribution in [0.3, 0.4) is 0 Å². The van der Waals surface area contributed by atoms with Crippen molar-refractivity contribution < 1.29 is 0 Å². The molecule has 0 aliphatic rings. The molecule has 1 N–H and O–H groups in total. The maximum Gasteiger partial charge on any atom is 0.0191 e. The SMILES string of the molecule is CCC(C)(C)NCC(C)Sc1cc(C)ccc1C. The molecule has 0 saturated heterocycles. The molecule has 0 aromatic heterocycles. The molecule has 1 atom stereocenters. The number of hydrogen-bond acceptors (Lipinski definition) is 2. The van der Waals surface area contributed by atoms with Gasteiger partial charge >= 0.3 is 0 Å². The van der Waals surface area contributed by atoms with E-state index < -0.39 is 0 Å². The quantitative estimate of drug-likeness (QED) is 0.757. The summed E-state index contributed by atoms with van der Waals surface area (Å²) < 4.78 is 0. The minimum absolute atomic E-state index is 0.246. The zero-order valence-electron chi connectivity index (χ0n) is 12.6. The molecule has 0 aliphatic carbocycles. The van der Waals surface area contributed by atoms with Crippen molar-refractivity contribution in [2.45, 2.75) is 63.6 Å². The van der Waals surface area contributed by atoms with Crippen LogP contribution < -0.4 is 5.32 Å². The Balaban J connectivity index is 2.54. The molecule has 18 heavy (non-hydrogen) atoms. The molecule has 0 fully saturated rings. The number of aryl methyl sites for hydroxylation is 2. The Kier molecular flexibility index (Phi) is 5.74. The highest BCUT2D eigenvalue weighted by Crippen LogP contribution is 2.27. The van der Waals surface area contributed by atoms with E-state index in [-0.39, 0.29) is 5.54 Å². The van der Waals surface area contributed by atoms with Crippen molar-refractivity contribution >= 4 is 11.8 Å². The van der Waals surface area contributed by atoms with Crippen LogP contribution in [-0.4, -0.2) is 17.3 Å². The normalized spacial score (nSPS) is 13.7. The minimum Gasteiger partial charge on any atom is -0.311 e. The van der Waals surface area contributed by atoms with Crippen molar-refractivity contribution in [3.63, 3.8) is 0 Å².